The van der Waals surface area contributed by atoms with E-state index in [1.54, 1.807) is 6.20 Å². The molecule has 0 bridgehead atoms. The van der Waals surface area contributed by atoms with Gasteiger partial charge in [0.05, 0.1) is 0 Å². The molecule has 0 unspecified atom stereocenters. The number of carbonyl (C=O) groups is 1. The summed E-state index contributed by atoms with van der Waals surface area (Å²) in [6.45, 7) is 6.62. The van der Waals surface area contributed by atoms with Gasteiger partial charge in [-0.15, -0.1) is 0 Å². The van der Waals surface area contributed by atoms with Crippen LogP contribution in [0.2, 0.25) is 0 Å². The third-order valence-electron chi connectivity index (χ3n) is 5.47. The van der Waals surface area contributed by atoms with E-state index in [4.69, 9.17) is 0 Å². The Morgan fingerprint density at radius 3 is 2.43 bits per heavy atom. The average Bonchev–Trinajstić information content (AvgIpc) is 2.74. The number of hydrogen-bond donors (Lipinski definition) is 0. The zero-order chi connectivity index (χ0) is 19.5. The van der Waals surface area contributed by atoms with Crippen LogP contribution < -0.4 is 4.90 Å². The fourth-order valence-electron chi connectivity index (χ4n) is 3.89. The van der Waals surface area contributed by atoms with Crippen LogP contribution in [0.3, 0.4) is 0 Å². The second kappa shape index (κ2) is 7.85. The maximum absolute atomic E-state index is 13.1. The molecule has 0 saturated carbocycles. The van der Waals surface area contributed by atoms with E-state index in [0.717, 1.165) is 41.9 Å². The minimum Gasteiger partial charge on any atom is -0.368 e. The van der Waals surface area contributed by atoms with Crippen LogP contribution in [0.1, 0.15) is 22.8 Å². The van der Waals surface area contributed by atoms with E-state index < -0.39 is 0 Å². The Hall–Kier alpha value is -3.14. The molecule has 1 amide bonds. The zero-order valence-electron chi connectivity index (χ0n) is 16.4. The van der Waals surface area contributed by atoms with Gasteiger partial charge in [-0.3, -0.25) is 9.78 Å². The number of nitrogens with zero attached hydrogens (tertiary/aromatic N) is 3. The molecule has 0 N–H and O–H groups in total. The van der Waals surface area contributed by atoms with Gasteiger partial charge in [-0.2, -0.15) is 0 Å². The molecule has 1 saturated heterocycles. The Morgan fingerprint density at radius 2 is 1.75 bits per heavy atom. The highest BCUT2D eigenvalue weighted by molar-refractivity contribution is 5.95. The minimum absolute atomic E-state index is 0.109. The normalized spacial score (nSPS) is 16.9. The van der Waals surface area contributed by atoms with Crippen LogP contribution in [0.4, 0.5) is 5.69 Å². The zero-order valence-corrected chi connectivity index (χ0v) is 16.4. The van der Waals surface area contributed by atoms with Gasteiger partial charge in [0.2, 0.25) is 0 Å². The molecule has 2 heterocycles. The molecule has 2 aromatic carbocycles. The fraction of sp³-hybridized carbons (Fsp3) is 0.250. The number of aromatic nitrogens is 1. The number of rotatable bonds is 3. The molecule has 3 aromatic rings. The molecule has 1 aromatic heterocycles. The molecular formula is C24H25N3O. The van der Waals surface area contributed by atoms with E-state index >= 15 is 0 Å². The van der Waals surface area contributed by atoms with Crippen molar-refractivity contribution in [2.24, 2.45) is 0 Å². The van der Waals surface area contributed by atoms with Crippen molar-refractivity contribution < 1.29 is 4.79 Å². The highest BCUT2D eigenvalue weighted by Gasteiger charge is 2.28. The lowest BCUT2D eigenvalue weighted by molar-refractivity contribution is 0.0674. The minimum atomic E-state index is 0.109. The van der Waals surface area contributed by atoms with Gasteiger partial charge in [-0.25, -0.2) is 0 Å². The first kappa shape index (κ1) is 18.2. The largest absolute Gasteiger partial charge is 0.368 e. The predicted octanol–water partition coefficient (Wildman–Crippen LogP) is 4.41. The van der Waals surface area contributed by atoms with Crippen molar-refractivity contribution in [3.05, 3.63) is 84.2 Å². The third-order valence-corrected chi connectivity index (χ3v) is 5.47. The molecule has 4 nitrogen and oxygen atoms in total. The van der Waals surface area contributed by atoms with Gasteiger partial charge < -0.3 is 9.80 Å². The lowest BCUT2D eigenvalue weighted by Gasteiger charge is -2.41. The lowest BCUT2D eigenvalue weighted by Crippen LogP contribution is -2.54. The van der Waals surface area contributed by atoms with Crippen LogP contribution >= 0.6 is 0 Å². The van der Waals surface area contributed by atoms with Crippen molar-refractivity contribution in [2.45, 2.75) is 19.9 Å². The SMILES string of the molecule is Cc1cnccc1-c1ccc(C(=O)N2CCN(c3ccccc3)C[C@@H]2C)cc1. The highest BCUT2D eigenvalue weighted by atomic mass is 16.2. The van der Waals surface area contributed by atoms with Crippen LogP contribution in [-0.2, 0) is 0 Å². The molecule has 1 atom stereocenters. The van der Waals surface area contributed by atoms with Crippen LogP contribution in [-0.4, -0.2) is 41.5 Å². The van der Waals surface area contributed by atoms with Crippen molar-refractivity contribution in [1.82, 2.24) is 9.88 Å². The first-order valence-electron chi connectivity index (χ1n) is 9.75. The summed E-state index contributed by atoms with van der Waals surface area (Å²) in [4.78, 5) is 21.6. The van der Waals surface area contributed by atoms with E-state index in [0.29, 0.717) is 0 Å². The summed E-state index contributed by atoms with van der Waals surface area (Å²) in [6.07, 6.45) is 3.66. The summed E-state index contributed by atoms with van der Waals surface area (Å²) in [7, 11) is 0. The summed E-state index contributed by atoms with van der Waals surface area (Å²) < 4.78 is 0. The lowest BCUT2D eigenvalue weighted by atomic mass is 10.0. The number of anilines is 1. The van der Waals surface area contributed by atoms with Crippen molar-refractivity contribution in [3.63, 3.8) is 0 Å². The van der Waals surface area contributed by atoms with Gasteiger partial charge in [0.25, 0.3) is 5.91 Å². The van der Waals surface area contributed by atoms with E-state index in [2.05, 4.69) is 48.0 Å². The summed E-state index contributed by atoms with van der Waals surface area (Å²) in [5, 5.41) is 0. The topological polar surface area (TPSA) is 36.4 Å². The Labute approximate surface area is 166 Å². The Kier molecular flexibility index (Phi) is 5.11. The van der Waals surface area contributed by atoms with Crippen LogP contribution in [0.15, 0.2) is 73.1 Å². The second-order valence-corrected chi connectivity index (χ2v) is 7.40. The number of carbonyl (C=O) groups excluding carboxylic acids is 1. The van der Waals surface area contributed by atoms with Crippen LogP contribution in [0.25, 0.3) is 11.1 Å². The maximum Gasteiger partial charge on any atom is 0.254 e. The fourth-order valence-corrected chi connectivity index (χ4v) is 3.89. The Balaban J connectivity index is 1.47. The molecule has 4 rings (SSSR count). The van der Waals surface area contributed by atoms with E-state index in [1.165, 1.54) is 5.69 Å². The predicted molar refractivity (Wildman–Crippen MR) is 114 cm³/mol. The monoisotopic (exact) mass is 371 g/mol. The van der Waals surface area contributed by atoms with Gasteiger partial charge in [-0.1, -0.05) is 30.3 Å². The van der Waals surface area contributed by atoms with Gasteiger partial charge in [0, 0.05) is 49.3 Å². The summed E-state index contributed by atoms with van der Waals surface area (Å²) in [5.41, 5.74) is 5.36. The Morgan fingerprint density at radius 1 is 1.00 bits per heavy atom. The number of hydrogen-bond acceptors (Lipinski definition) is 3. The molecule has 28 heavy (non-hydrogen) atoms. The molecule has 0 aliphatic carbocycles. The molecule has 1 fully saturated rings. The molecule has 0 spiro atoms. The van der Waals surface area contributed by atoms with E-state index in [-0.39, 0.29) is 11.9 Å². The van der Waals surface area contributed by atoms with Gasteiger partial charge in [-0.05, 0) is 60.9 Å². The highest BCUT2D eigenvalue weighted by Crippen LogP contribution is 2.24. The van der Waals surface area contributed by atoms with Crippen molar-refractivity contribution in [3.8, 4) is 11.1 Å². The third kappa shape index (κ3) is 3.63. The average molecular weight is 371 g/mol. The number of piperazine rings is 1. The maximum atomic E-state index is 13.1. The number of amides is 1. The molecule has 0 radical (unpaired) electrons. The van der Waals surface area contributed by atoms with Gasteiger partial charge >= 0.3 is 0 Å². The van der Waals surface area contributed by atoms with Gasteiger partial charge in [0.1, 0.15) is 0 Å². The first-order chi connectivity index (χ1) is 13.6. The number of pyridine rings is 1. The second-order valence-electron chi connectivity index (χ2n) is 7.40. The van der Waals surface area contributed by atoms with Crippen molar-refractivity contribution in [2.75, 3.05) is 24.5 Å². The standard InChI is InChI=1S/C24H25N3O/c1-18-16-25-13-12-23(18)20-8-10-21(11-9-20)24(28)27-15-14-26(17-19(27)2)22-6-4-3-5-7-22/h3-13,16,19H,14-15,17H2,1-2H3/t19-/m0/s1. The summed E-state index contributed by atoms with van der Waals surface area (Å²) in [5.74, 6) is 0.109. The first-order valence-corrected chi connectivity index (χ1v) is 9.75. The molecule has 1 aliphatic rings. The molecule has 4 heteroatoms. The smallest absolute Gasteiger partial charge is 0.254 e. The van der Waals surface area contributed by atoms with Crippen molar-refractivity contribution in [1.29, 1.82) is 0 Å². The van der Waals surface area contributed by atoms with Crippen LogP contribution in [0.5, 0.6) is 0 Å². The number of aryl methyl sites for hydroxylation is 1. The van der Waals surface area contributed by atoms with E-state index in [9.17, 15) is 4.79 Å². The Bertz CT molecular complexity index is 953. The van der Waals surface area contributed by atoms with E-state index in [1.807, 2.05) is 47.5 Å². The molecule has 1 aliphatic heterocycles. The number of para-hydroxylation sites is 1. The van der Waals surface area contributed by atoms with Crippen molar-refractivity contribution >= 4 is 11.6 Å². The quantitative estimate of drug-likeness (QED) is 0.684. The van der Waals surface area contributed by atoms with Gasteiger partial charge in [0.15, 0.2) is 0 Å². The molecule has 142 valence electrons. The molecular weight excluding hydrogens is 346 g/mol. The number of benzene rings is 2. The summed E-state index contributed by atoms with van der Waals surface area (Å²) >= 11 is 0. The summed E-state index contributed by atoms with van der Waals surface area (Å²) in [6, 6.07) is 20.5. The van der Waals surface area contributed by atoms with Crippen LogP contribution in [0, 0.1) is 6.92 Å².